The van der Waals surface area contributed by atoms with Gasteiger partial charge in [-0.25, -0.2) is 0 Å². The standard InChI is InChI=1S/C15H24N2/c1-4-14(16-5-2)13-8-6-7-9-15(13)17(3)12-10-11-12/h6-9,12,14,16H,4-5,10-11H2,1-3H3. The lowest BCUT2D eigenvalue weighted by Crippen LogP contribution is -2.26. The van der Waals surface area contributed by atoms with Gasteiger partial charge >= 0.3 is 0 Å². The van der Waals surface area contributed by atoms with Gasteiger partial charge in [0.25, 0.3) is 0 Å². The van der Waals surface area contributed by atoms with E-state index in [-0.39, 0.29) is 0 Å². The van der Waals surface area contributed by atoms with Gasteiger partial charge in [0.2, 0.25) is 0 Å². The highest BCUT2D eigenvalue weighted by atomic mass is 15.2. The molecule has 0 saturated heterocycles. The van der Waals surface area contributed by atoms with Crippen LogP contribution in [0.25, 0.3) is 0 Å². The number of nitrogens with zero attached hydrogens (tertiary/aromatic N) is 1. The number of benzene rings is 1. The van der Waals surface area contributed by atoms with Crippen molar-refractivity contribution in [1.82, 2.24) is 5.32 Å². The summed E-state index contributed by atoms with van der Waals surface area (Å²) in [5.74, 6) is 0. The number of anilines is 1. The van der Waals surface area contributed by atoms with E-state index in [1.165, 1.54) is 24.1 Å². The number of rotatable bonds is 6. The van der Waals surface area contributed by atoms with Gasteiger partial charge < -0.3 is 10.2 Å². The van der Waals surface area contributed by atoms with Crippen LogP contribution >= 0.6 is 0 Å². The smallest absolute Gasteiger partial charge is 0.0414 e. The number of para-hydroxylation sites is 1. The quantitative estimate of drug-likeness (QED) is 0.809. The molecule has 0 spiro atoms. The van der Waals surface area contributed by atoms with Crippen LogP contribution in [0.1, 0.15) is 44.7 Å². The Balaban J connectivity index is 2.24. The van der Waals surface area contributed by atoms with Crippen molar-refractivity contribution in [3.63, 3.8) is 0 Å². The molecule has 0 aromatic heterocycles. The molecule has 1 atom stereocenters. The third-order valence-corrected chi connectivity index (χ3v) is 3.65. The van der Waals surface area contributed by atoms with Crippen LogP contribution < -0.4 is 10.2 Å². The molecular weight excluding hydrogens is 208 g/mol. The number of nitrogens with one attached hydrogen (secondary N) is 1. The summed E-state index contributed by atoms with van der Waals surface area (Å²) < 4.78 is 0. The summed E-state index contributed by atoms with van der Waals surface area (Å²) in [7, 11) is 2.23. The van der Waals surface area contributed by atoms with E-state index < -0.39 is 0 Å². The van der Waals surface area contributed by atoms with Crippen molar-refractivity contribution in [3.8, 4) is 0 Å². The third-order valence-electron chi connectivity index (χ3n) is 3.65. The normalized spacial score (nSPS) is 16.9. The predicted molar refractivity (Wildman–Crippen MR) is 74.6 cm³/mol. The predicted octanol–water partition coefficient (Wildman–Crippen LogP) is 3.35. The van der Waals surface area contributed by atoms with Gasteiger partial charge in [0.15, 0.2) is 0 Å². The lowest BCUT2D eigenvalue weighted by molar-refractivity contribution is 0.536. The molecule has 1 aromatic carbocycles. The maximum Gasteiger partial charge on any atom is 0.0414 e. The second-order valence-corrected chi connectivity index (χ2v) is 4.92. The maximum atomic E-state index is 3.58. The van der Waals surface area contributed by atoms with E-state index in [0.717, 1.165) is 19.0 Å². The lowest BCUT2D eigenvalue weighted by Gasteiger charge is -2.26. The molecule has 1 aliphatic carbocycles. The minimum atomic E-state index is 0.484. The summed E-state index contributed by atoms with van der Waals surface area (Å²) in [6.45, 7) is 5.46. The first kappa shape index (κ1) is 12.4. The van der Waals surface area contributed by atoms with Crippen molar-refractivity contribution < 1.29 is 0 Å². The fraction of sp³-hybridized carbons (Fsp3) is 0.600. The van der Waals surface area contributed by atoms with Crippen LogP contribution in [0.5, 0.6) is 0 Å². The molecule has 1 unspecified atom stereocenters. The Kier molecular flexibility index (Phi) is 4.06. The fourth-order valence-electron chi connectivity index (χ4n) is 2.48. The molecule has 1 saturated carbocycles. The molecule has 2 rings (SSSR count). The second kappa shape index (κ2) is 5.54. The fourth-order valence-corrected chi connectivity index (χ4v) is 2.48. The summed E-state index contributed by atoms with van der Waals surface area (Å²) in [5, 5.41) is 3.58. The van der Waals surface area contributed by atoms with Crippen molar-refractivity contribution in [2.24, 2.45) is 0 Å². The van der Waals surface area contributed by atoms with E-state index >= 15 is 0 Å². The first-order valence-corrected chi connectivity index (χ1v) is 6.83. The molecule has 1 aromatic rings. The Morgan fingerprint density at radius 1 is 1.29 bits per heavy atom. The summed E-state index contributed by atoms with van der Waals surface area (Å²) >= 11 is 0. The van der Waals surface area contributed by atoms with Crippen molar-refractivity contribution in [2.75, 3.05) is 18.5 Å². The zero-order valence-corrected chi connectivity index (χ0v) is 11.2. The molecule has 0 aliphatic heterocycles. The molecule has 1 N–H and O–H groups in total. The van der Waals surface area contributed by atoms with Crippen LogP contribution in [0.3, 0.4) is 0 Å². The first-order valence-electron chi connectivity index (χ1n) is 6.83. The summed E-state index contributed by atoms with van der Waals surface area (Å²) in [5.41, 5.74) is 2.86. The van der Waals surface area contributed by atoms with E-state index in [9.17, 15) is 0 Å². The molecule has 0 amide bonds. The van der Waals surface area contributed by atoms with Crippen LogP contribution in [-0.2, 0) is 0 Å². The van der Waals surface area contributed by atoms with Crippen LogP contribution in [-0.4, -0.2) is 19.6 Å². The molecule has 1 fully saturated rings. The second-order valence-electron chi connectivity index (χ2n) is 4.92. The number of hydrogen-bond acceptors (Lipinski definition) is 2. The molecule has 0 bridgehead atoms. The zero-order valence-electron chi connectivity index (χ0n) is 11.2. The van der Waals surface area contributed by atoms with Gasteiger partial charge in [-0.05, 0) is 37.4 Å². The SMILES string of the molecule is CCNC(CC)c1ccccc1N(C)C1CC1. The summed E-state index contributed by atoms with van der Waals surface area (Å²) in [4.78, 5) is 2.45. The molecule has 2 nitrogen and oxygen atoms in total. The van der Waals surface area contributed by atoms with Gasteiger partial charge in [-0.15, -0.1) is 0 Å². The number of hydrogen-bond donors (Lipinski definition) is 1. The van der Waals surface area contributed by atoms with E-state index in [4.69, 9.17) is 0 Å². The Morgan fingerprint density at radius 2 is 2.00 bits per heavy atom. The van der Waals surface area contributed by atoms with E-state index in [0.29, 0.717) is 6.04 Å². The molecule has 1 aliphatic rings. The van der Waals surface area contributed by atoms with E-state index in [2.05, 4.69) is 55.4 Å². The molecule has 17 heavy (non-hydrogen) atoms. The van der Waals surface area contributed by atoms with Crippen molar-refractivity contribution >= 4 is 5.69 Å². The van der Waals surface area contributed by atoms with Gasteiger partial charge in [0, 0.05) is 24.8 Å². The average molecular weight is 232 g/mol. The molecular formula is C15H24N2. The molecule has 0 radical (unpaired) electrons. The maximum absolute atomic E-state index is 3.58. The highest BCUT2D eigenvalue weighted by molar-refractivity contribution is 5.56. The van der Waals surface area contributed by atoms with Gasteiger partial charge in [0.1, 0.15) is 0 Å². The van der Waals surface area contributed by atoms with Gasteiger partial charge in [0.05, 0.1) is 0 Å². The van der Waals surface area contributed by atoms with E-state index in [1.54, 1.807) is 0 Å². The Hall–Kier alpha value is -1.02. The average Bonchev–Trinajstić information content (AvgIpc) is 3.19. The van der Waals surface area contributed by atoms with Gasteiger partial charge in [-0.1, -0.05) is 32.0 Å². The minimum absolute atomic E-state index is 0.484. The van der Waals surface area contributed by atoms with Gasteiger partial charge in [-0.2, -0.15) is 0 Å². The summed E-state index contributed by atoms with van der Waals surface area (Å²) in [6, 6.07) is 10.1. The molecule has 94 valence electrons. The Labute approximate surface area is 105 Å². The van der Waals surface area contributed by atoms with Crippen LogP contribution in [0.15, 0.2) is 24.3 Å². The Bertz CT molecular complexity index is 358. The topological polar surface area (TPSA) is 15.3 Å². The first-order chi connectivity index (χ1) is 8.27. The van der Waals surface area contributed by atoms with Crippen LogP contribution in [0, 0.1) is 0 Å². The molecule has 0 heterocycles. The van der Waals surface area contributed by atoms with Crippen LogP contribution in [0.2, 0.25) is 0 Å². The van der Waals surface area contributed by atoms with Crippen molar-refractivity contribution in [3.05, 3.63) is 29.8 Å². The monoisotopic (exact) mass is 232 g/mol. The largest absolute Gasteiger partial charge is 0.371 e. The lowest BCUT2D eigenvalue weighted by atomic mass is 10.0. The highest BCUT2D eigenvalue weighted by Gasteiger charge is 2.28. The third kappa shape index (κ3) is 2.81. The van der Waals surface area contributed by atoms with E-state index in [1.807, 2.05) is 0 Å². The Morgan fingerprint density at radius 3 is 2.59 bits per heavy atom. The minimum Gasteiger partial charge on any atom is -0.371 e. The molecule has 2 heteroatoms. The van der Waals surface area contributed by atoms with Crippen molar-refractivity contribution in [2.45, 2.75) is 45.2 Å². The van der Waals surface area contributed by atoms with Crippen LogP contribution in [0.4, 0.5) is 5.69 Å². The highest BCUT2D eigenvalue weighted by Crippen LogP contribution is 2.34. The van der Waals surface area contributed by atoms with Crippen molar-refractivity contribution in [1.29, 1.82) is 0 Å². The van der Waals surface area contributed by atoms with Gasteiger partial charge in [-0.3, -0.25) is 0 Å². The zero-order chi connectivity index (χ0) is 12.3. The summed E-state index contributed by atoms with van der Waals surface area (Å²) in [6.07, 6.45) is 3.84.